The molecule has 0 N–H and O–H groups in total. The number of carbonyl (C=O) groups excluding carboxylic acids is 1. The average Bonchev–Trinajstić information content (AvgIpc) is 2.56. The Balaban J connectivity index is 1.67. The predicted molar refractivity (Wildman–Crippen MR) is 85.2 cm³/mol. The Bertz CT molecular complexity index is 785. The number of fused-ring (bicyclic) bond motifs is 1. The molecular weight excluding hydrogens is 294 g/mol. The molecule has 1 amide bonds. The van der Waals surface area contributed by atoms with E-state index in [9.17, 15) is 9.59 Å². The van der Waals surface area contributed by atoms with Gasteiger partial charge in [0.25, 0.3) is 11.5 Å². The molecule has 1 aromatic carbocycles. The van der Waals surface area contributed by atoms with Gasteiger partial charge < -0.3 is 9.64 Å². The van der Waals surface area contributed by atoms with Gasteiger partial charge in [0, 0.05) is 33.1 Å². The van der Waals surface area contributed by atoms with E-state index in [1.54, 1.807) is 11.9 Å². The lowest BCUT2D eigenvalue weighted by Crippen LogP contribution is -2.39. The quantitative estimate of drug-likeness (QED) is 0.848. The number of nitrogens with zero attached hydrogens (tertiary/aromatic N) is 3. The molecule has 6 nitrogen and oxygen atoms in total. The van der Waals surface area contributed by atoms with Gasteiger partial charge in [-0.2, -0.15) is 5.10 Å². The Morgan fingerprint density at radius 2 is 2.04 bits per heavy atom. The molecule has 23 heavy (non-hydrogen) atoms. The zero-order chi connectivity index (χ0) is 16.4. The second kappa shape index (κ2) is 6.34. The number of aryl methyl sites for hydroxylation is 1. The van der Waals surface area contributed by atoms with Crippen LogP contribution in [-0.4, -0.2) is 40.3 Å². The van der Waals surface area contributed by atoms with Gasteiger partial charge >= 0.3 is 0 Å². The summed E-state index contributed by atoms with van der Waals surface area (Å²) in [6, 6.07) is 11.0. The minimum Gasteiger partial charge on any atom is -0.371 e. The number of likely N-dealkylation sites (N-methyl/N-ethyl adjacent to an activating group) is 1. The van der Waals surface area contributed by atoms with Crippen LogP contribution in [0.1, 0.15) is 21.6 Å². The summed E-state index contributed by atoms with van der Waals surface area (Å²) < 4.78 is 7.00. The molecule has 0 saturated carbocycles. The molecule has 0 bridgehead atoms. The van der Waals surface area contributed by atoms with Crippen molar-refractivity contribution in [3.63, 3.8) is 0 Å². The summed E-state index contributed by atoms with van der Waals surface area (Å²) >= 11 is 0. The Hall–Kier alpha value is -2.47. The highest BCUT2D eigenvalue weighted by Crippen LogP contribution is 2.20. The molecule has 1 aromatic heterocycles. The molecule has 0 saturated heterocycles. The molecule has 1 unspecified atom stereocenters. The molecule has 2 heterocycles. The van der Waals surface area contributed by atoms with Gasteiger partial charge in [0.05, 0.1) is 12.7 Å². The van der Waals surface area contributed by atoms with Crippen LogP contribution >= 0.6 is 0 Å². The highest BCUT2D eigenvalue weighted by molar-refractivity contribution is 5.91. The Labute approximate surface area is 134 Å². The third-order valence-electron chi connectivity index (χ3n) is 4.04. The number of benzene rings is 1. The maximum atomic E-state index is 12.4. The van der Waals surface area contributed by atoms with Crippen molar-refractivity contribution in [2.24, 2.45) is 7.05 Å². The predicted octanol–water partition coefficient (Wildman–Crippen LogP) is 0.994. The summed E-state index contributed by atoms with van der Waals surface area (Å²) in [6.07, 6.45) is 0.750. The van der Waals surface area contributed by atoms with E-state index in [2.05, 4.69) is 17.2 Å². The summed E-state index contributed by atoms with van der Waals surface area (Å²) in [5.41, 5.74) is 2.49. The fraction of sp³-hybridized carbons (Fsp3) is 0.353. The van der Waals surface area contributed by atoms with Gasteiger partial charge in [0.1, 0.15) is 5.69 Å². The standard InChI is InChI=1S/C17H19N3O3/c1-19(17(22)15-7-8-16(21)20(2)18-15)10-14-9-12-5-3-4-6-13(12)11-23-14/h3-8,14H,9-11H2,1-2H3. The van der Waals surface area contributed by atoms with E-state index in [0.29, 0.717) is 13.2 Å². The first-order chi connectivity index (χ1) is 11.0. The highest BCUT2D eigenvalue weighted by Gasteiger charge is 2.23. The van der Waals surface area contributed by atoms with Crippen molar-refractivity contribution in [3.8, 4) is 0 Å². The van der Waals surface area contributed by atoms with Crippen molar-refractivity contribution in [3.05, 3.63) is 63.6 Å². The fourth-order valence-electron chi connectivity index (χ4n) is 2.73. The van der Waals surface area contributed by atoms with Crippen LogP contribution in [0.5, 0.6) is 0 Å². The van der Waals surface area contributed by atoms with E-state index >= 15 is 0 Å². The minimum absolute atomic E-state index is 0.0358. The lowest BCUT2D eigenvalue weighted by Gasteiger charge is -2.28. The lowest BCUT2D eigenvalue weighted by molar-refractivity contribution is 0.00967. The van der Waals surface area contributed by atoms with Crippen LogP contribution < -0.4 is 5.56 Å². The number of hydrogen-bond acceptors (Lipinski definition) is 4. The van der Waals surface area contributed by atoms with E-state index in [-0.39, 0.29) is 23.3 Å². The Kier molecular flexibility index (Phi) is 4.25. The van der Waals surface area contributed by atoms with Crippen molar-refractivity contribution < 1.29 is 9.53 Å². The maximum absolute atomic E-state index is 12.4. The van der Waals surface area contributed by atoms with Crippen LogP contribution in [0.25, 0.3) is 0 Å². The molecule has 6 heteroatoms. The third kappa shape index (κ3) is 3.32. The maximum Gasteiger partial charge on any atom is 0.274 e. The van der Waals surface area contributed by atoms with Gasteiger partial charge in [0.2, 0.25) is 0 Å². The first kappa shape index (κ1) is 15.4. The molecule has 1 aliphatic rings. The van der Waals surface area contributed by atoms with E-state index in [1.165, 1.54) is 30.3 Å². The number of rotatable bonds is 3. The van der Waals surface area contributed by atoms with Crippen molar-refractivity contribution in [2.75, 3.05) is 13.6 Å². The summed E-state index contributed by atoms with van der Waals surface area (Å²) in [5, 5.41) is 3.99. The summed E-state index contributed by atoms with van der Waals surface area (Å²) in [6.45, 7) is 1.05. The molecular formula is C17H19N3O3. The molecule has 0 fully saturated rings. The van der Waals surface area contributed by atoms with Gasteiger partial charge in [-0.15, -0.1) is 0 Å². The molecule has 3 rings (SSSR count). The highest BCUT2D eigenvalue weighted by atomic mass is 16.5. The van der Waals surface area contributed by atoms with Crippen LogP contribution in [0.2, 0.25) is 0 Å². The molecule has 2 aromatic rings. The normalized spacial score (nSPS) is 16.7. The van der Waals surface area contributed by atoms with E-state index in [0.717, 1.165) is 11.1 Å². The van der Waals surface area contributed by atoms with Crippen LogP contribution in [-0.2, 0) is 24.8 Å². The Morgan fingerprint density at radius 3 is 2.78 bits per heavy atom. The average molecular weight is 313 g/mol. The summed E-state index contributed by atoms with van der Waals surface area (Å²) in [5.74, 6) is -0.219. The number of ether oxygens (including phenoxy) is 1. The smallest absolute Gasteiger partial charge is 0.274 e. The molecule has 1 atom stereocenters. The molecule has 0 aliphatic carbocycles. The number of hydrogen-bond donors (Lipinski definition) is 0. The third-order valence-corrected chi connectivity index (χ3v) is 4.04. The van der Waals surface area contributed by atoms with Crippen molar-refractivity contribution in [2.45, 2.75) is 19.1 Å². The topological polar surface area (TPSA) is 64.4 Å². The molecule has 0 radical (unpaired) electrons. The van der Waals surface area contributed by atoms with Gasteiger partial charge in [-0.05, 0) is 17.2 Å². The second-order valence-corrected chi connectivity index (χ2v) is 5.77. The van der Waals surface area contributed by atoms with E-state index < -0.39 is 0 Å². The van der Waals surface area contributed by atoms with E-state index in [4.69, 9.17) is 4.74 Å². The van der Waals surface area contributed by atoms with Crippen LogP contribution in [0.3, 0.4) is 0 Å². The fourth-order valence-corrected chi connectivity index (χ4v) is 2.73. The monoisotopic (exact) mass is 313 g/mol. The van der Waals surface area contributed by atoms with Crippen molar-refractivity contribution in [1.29, 1.82) is 0 Å². The van der Waals surface area contributed by atoms with Gasteiger partial charge in [-0.3, -0.25) is 9.59 Å². The van der Waals surface area contributed by atoms with Crippen LogP contribution in [0, 0.1) is 0 Å². The number of carbonyl (C=O) groups is 1. The molecule has 120 valence electrons. The number of amides is 1. The first-order valence-electron chi connectivity index (χ1n) is 7.53. The number of aromatic nitrogens is 2. The summed E-state index contributed by atoms with van der Waals surface area (Å²) in [4.78, 5) is 25.4. The van der Waals surface area contributed by atoms with E-state index in [1.807, 2.05) is 12.1 Å². The molecule has 1 aliphatic heterocycles. The van der Waals surface area contributed by atoms with Gasteiger partial charge in [-0.1, -0.05) is 24.3 Å². The van der Waals surface area contributed by atoms with Gasteiger partial charge in [-0.25, -0.2) is 4.68 Å². The van der Waals surface area contributed by atoms with Gasteiger partial charge in [0.15, 0.2) is 0 Å². The second-order valence-electron chi connectivity index (χ2n) is 5.77. The zero-order valence-electron chi connectivity index (χ0n) is 13.2. The lowest BCUT2D eigenvalue weighted by atomic mass is 9.99. The van der Waals surface area contributed by atoms with Crippen molar-refractivity contribution >= 4 is 5.91 Å². The minimum atomic E-state index is -0.239. The molecule has 0 spiro atoms. The van der Waals surface area contributed by atoms with Crippen LogP contribution in [0.15, 0.2) is 41.2 Å². The van der Waals surface area contributed by atoms with Crippen LogP contribution in [0.4, 0.5) is 0 Å². The first-order valence-corrected chi connectivity index (χ1v) is 7.53. The SMILES string of the molecule is CN(CC1Cc2ccccc2CO1)C(=O)c1ccc(=O)n(C)n1. The largest absolute Gasteiger partial charge is 0.371 e. The van der Waals surface area contributed by atoms with Crippen molar-refractivity contribution in [1.82, 2.24) is 14.7 Å². The zero-order valence-corrected chi connectivity index (χ0v) is 13.2. The summed E-state index contributed by atoms with van der Waals surface area (Å²) in [7, 11) is 3.25. The Morgan fingerprint density at radius 1 is 1.30 bits per heavy atom.